The highest BCUT2D eigenvalue weighted by Crippen LogP contribution is 2.26. The van der Waals surface area contributed by atoms with Gasteiger partial charge in [-0.25, -0.2) is 9.18 Å². The van der Waals surface area contributed by atoms with Gasteiger partial charge in [-0.05, 0) is 36.8 Å². The maximum Gasteiger partial charge on any atom is 0.343 e. The summed E-state index contributed by atoms with van der Waals surface area (Å²) in [7, 11) is 1.55. The van der Waals surface area contributed by atoms with Gasteiger partial charge in [-0.1, -0.05) is 12.1 Å². The number of aryl methyl sites for hydroxylation is 1. The monoisotopic (exact) mass is 395 g/mol. The van der Waals surface area contributed by atoms with Crippen LogP contribution in [-0.2, 0) is 16.1 Å². The maximum absolute atomic E-state index is 13.0. The molecule has 0 aliphatic heterocycles. The largest absolute Gasteiger partial charge is 0.452 e. The van der Waals surface area contributed by atoms with Gasteiger partial charge < -0.3 is 14.1 Å². The molecule has 0 saturated heterocycles. The predicted octanol–water partition coefficient (Wildman–Crippen LogP) is 3.20. The number of halogens is 1. The lowest BCUT2D eigenvalue weighted by Gasteiger charge is -2.17. The summed E-state index contributed by atoms with van der Waals surface area (Å²) < 4.78 is 25.2. The Morgan fingerprint density at radius 2 is 1.90 bits per heavy atom. The van der Waals surface area contributed by atoms with Crippen molar-refractivity contribution in [2.75, 3.05) is 13.7 Å². The van der Waals surface area contributed by atoms with Crippen molar-refractivity contribution in [3.63, 3.8) is 0 Å². The van der Waals surface area contributed by atoms with Crippen molar-refractivity contribution in [1.82, 2.24) is 9.47 Å². The van der Waals surface area contributed by atoms with Gasteiger partial charge in [0.2, 0.25) is 5.88 Å². The second-order valence-electron chi connectivity index (χ2n) is 6.37. The van der Waals surface area contributed by atoms with Gasteiger partial charge in [0, 0.05) is 26.0 Å². The average molecular weight is 395 g/mol. The molecule has 2 heterocycles. The van der Waals surface area contributed by atoms with Gasteiger partial charge in [-0.15, -0.1) is 0 Å². The van der Waals surface area contributed by atoms with Crippen LogP contribution in [0, 0.1) is 24.1 Å². The Bertz CT molecular complexity index is 1060. The Morgan fingerprint density at radius 3 is 2.52 bits per heavy atom. The fraction of sp³-hybridized carbons (Fsp3) is 0.190. The number of ether oxygens (including phenoxy) is 1. The number of nitriles is 1. The molecular formula is C21H18FN3O4. The van der Waals surface area contributed by atoms with E-state index in [1.54, 1.807) is 55.2 Å². The summed E-state index contributed by atoms with van der Waals surface area (Å²) >= 11 is 0. The minimum Gasteiger partial charge on any atom is -0.452 e. The van der Waals surface area contributed by atoms with E-state index >= 15 is 0 Å². The topological polar surface area (TPSA) is 88.5 Å². The average Bonchev–Trinajstić information content (AvgIpc) is 3.34. The molecule has 0 spiro atoms. The van der Waals surface area contributed by atoms with Crippen molar-refractivity contribution in [2.24, 2.45) is 0 Å². The lowest BCUT2D eigenvalue weighted by Crippen LogP contribution is -2.31. The predicted molar refractivity (Wildman–Crippen MR) is 101 cm³/mol. The normalized spacial score (nSPS) is 10.4. The van der Waals surface area contributed by atoms with E-state index in [4.69, 9.17) is 9.15 Å². The fourth-order valence-corrected chi connectivity index (χ4v) is 2.79. The molecule has 1 amide bonds. The molecule has 0 fully saturated rings. The molecule has 3 rings (SSSR count). The highest BCUT2D eigenvalue weighted by atomic mass is 19.1. The second kappa shape index (κ2) is 8.44. The number of hydrogen-bond donors (Lipinski definition) is 0. The van der Waals surface area contributed by atoms with Crippen molar-refractivity contribution in [2.45, 2.75) is 13.5 Å². The minimum absolute atomic E-state index is 0.00909. The lowest BCUT2D eigenvalue weighted by atomic mass is 10.1. The first-order valence-electron chi connectivity index (χ1n) is 8.73. The number of furan rings is 1. The van der Waals surface area contributed by atoms with Crippen molar-refractivity contribution >= 4 is 11.9 Å². The van der Waals surface area contributed by atoms with Crippen LogP contribution in [-0.4, -0.2) is 35.0 Å². The van der Waals surface area contributed by atoms with Gasteiger partial charge in [-0.3, -0.25) is 9.36 Å². The highest BCUT2D eigenvalue weighted by Gasteiger charge is 2.26. The third-order valence-corrected chi connectivity index (χ3v) is 4.31. The van der Waals surface area contributed by atoms with E-state index in [0.29, 0.717) is 0 Å². The van der Waals surface area contributed by atoms with E-state index in [1.165, 1.54) is 17.0 Å². The summed E-state index contributed by atoms with van der Waals surface area (Å²) in [6.07, 6.45) is 3.37. The minimum atomic E-state index is -0.815. The number of rotatable bonds is 6. The van der Waals surface area contributed by atoms with Crippen LogP contribution in [0.15, 0.2) is 53.2 Å². The first kappa shape index (κ1) is 19.9. The molecule has 29 heavy (non-hydrogen) atoms. The summed E-state index contributed by atoms with van der Waals surface area (Å²) in [5.74, 6) is -1.18. The van der Waals surface area contributed by atoms with Gasteiger partial charge in [0.05, 0.1) is 0 Å². The molecular weight excluding hydrogens is 377 g/mol. The van der Waals surface area contributed by atoms with E-state index in [0.717, 1.165) is 5.56 Å². The van der Waals surface area contributed by atoms with Crippen molar-refractivity contribution in [3.05, 3.63) is 77.1 Å². The Morgan fingerprint density at radius 1 is 1.24 bits per heavy atom. The third kappa shape index (κ3) is 4.35. The summed E-state index contributed by atoms with van der Waals surface area (Å²) in [5.41, 5.74) is 0.767. The van der Waals surface area contributed by atoms with E-state index in [1.807, 2.05) is 6.07 Å². The van der Waals surface area contributed by atoms with E-state index in [9.17, 15) is 19.2 Å². The van der Waals surface area contributed by atoms with Crippen molar-refractivity contribution in [1.29, 1.82) is 5.26 Å². The smallest absolute Gasteiger partial charge is 0.343 e. The van der Waals surface area contributed by atoms with Crippen LogP contribution in [0.4, 0.5) is 4.39 Å². The number of nitrogens with zero attached hydrogens (tertiary/aromatic N) is 3. The number of amides is 1. The van der Waals surface area contributed by atoms with Crippen LogP contribution in [0.2, 0.25) is 0 Å². The van der Waals surface area contributed by atoms with Crippen LogP contribution < -0.4 is 0 Å². The summed E-state index contributed by atoms with van der Waals surface area (Å²) in [6.45, 7) is 1.29. The van der Waals surface area contributed by atoms with Crippen LogP contribution in [0.3, 0.4) is 0 Å². The first-order chi connectivity index (χ1) is 13.9. The van der Waals surface area contributed by atoms with Crippen LogP contribution in [0.5, 0.6) is 0 Å². The van der Waals surface area contributed by atoms with E-state index in [-0.39, 0.29) is 35.1 Å². The summed E-state index contributed by atoms with van der Waals surface area (Å²) in [6, 6.07) is 11.2. The van der Waals surface area contributed by atoms with Crippen LogP contribution in [0.1, 0.15) is 27.2 Å². The van der Waals surface area contributed by atoms with Gasteiger partial charge in [0.15, 0.2) is 6.61 Å². The molecule has 0 aliphatic rings. The number of carbonyl (C=O) groups excluding carboxylic acids is 2. The SMILES string of the molecule is Cc1oc(-n2cccc2)c(C#N)c1C(=O)OCC(=O)N(C)Cc1ccc(F)cc1. The van der Waals surface area contributed by atoms with Gasteiger partial charge >= 0.3 is 5.97 Å². The van der Waals surface area contributed by atoms with Crippen LogP contribution >= 0.6 is 0 Å². The molecule has 3 aromatic rings. The second-order valence-corrected chi connectivity index (χ2v) is 6.37. The van der Waals surface area contributed by atoms with Crippen molar-refractivity contribution in [3.8, 4) is 12.0 Å². The molecule has 8 heteroatoms. The molecule has 0 aliphatic carbocycles. The molecule has 7 nitrogen and oxygen atoms in total. The Labute approximate surface area is 166 Å². The van der Waals surface area contributed by atoms with Gasteiger partial charge in [0.1, 0.15) is 28.8 Å². The molecule has 1 aromatic carbocycles. The van der Waals surface area contributed by atoms with E-state index in [2.05, 4.69) is 0 Å². The maximum atomic E-state index is 13.0. The standard InChI is InChI=1S/C21H18FN3O4/c1-14-19(17(11-23)20(29-14)25-9-3-4-10-25)21(27)28-13-18(26)24(2)12-15-5-7-16(22)8-6-15/h3-10H,12-13H2,1-2H3. The quantitative estimate of drug-likeness (QED) is 0.598. The Balaban J connectivity index is 1.67. The number of carbonyl (C=O) groups is 2. The molecule has 0 saturated carbocycles. The van der Waals surface area contributed by atoms with Crippen molar-refractivity contribution < 1.29 is 23.1 Å². The zero-order valence-corrected chi connectivity index (χ0v) is 15.9. The Hall–Kier alpha value is -3.86. The number of esters is 1. The molecule has 2 aromatic heterocycles. The van der Waals surface area contributed by atoms with E-state index < -0.39 is 18.5 Å². The molecule has 148 valence electrons. The van der Waals surface area contributed by atoms with Gasteiger partial charge in [-0.2, -0.15) is 5.26 Å². The summed E-state index contributed by atoms with van der Waals surface area (Å²) in [4.78, 5) is 26.1. The fourth-order valence-electron chi connectivity index (χ4n) is 2.79. The van der Waals surface area contributed by atoms with Gasteiger partial charge in [0.25, 0.3) is 5.91 Å². The zero-order valence-electron chi connectivity index (χ0n) is 15.9. The number of benzene rings is 1. The number of hydrogen-bond acceptors (Lipinski definition) is 5. The lowest BCUT2D eigenvalue weighted by molar-refractivity contribution is -0.133. The number of likely N-dealkylation sites (N-methyl/N-ethyl adjacent to an activating group) is 1. The molecule has 0 radical (unpaired) electrons. The first-order valence-corrected chi connectivity index (χ1v) is 8.73. The molecule has 0 atom stereocenters. The zero-order chi connectivity index (χ0) is 21.0. The van der Waals surface area contributed by atoms with Crippen LogP contribution in [0.25, 0.3) is 5.88 Å². The summed E-state index contributed by atoms with van der Waals surface area (Å²) in [5, 5.41) is 9.48. The molecule has 0 N–H and O–H groups in total. The third-order valence-electron chi connectivity index (χ3n) is 4.31. The molecule has 0 bridgehead atoms. The molecule has 0 unspecified atom stereocenters. The number of aromatic nitrogens is 1. The Kier molecular flexibility index (Phi) is 5.79. The highest BCUT2D eigenvalue weighted by molar-refractivity contribution is 5.95.